The van der Waals surface area contributed by atoms with E-state index in [0.717, 1.165) is 0 Å². The van der Waals surface area contributed by atoms with Crippen molar-refractivity contribution in [2.24, 2.45) is 0 Å². The van der Waals surface area contributed by atoms with Gasteiger partial charge in [0.15, 0.2) is 0 Å². The van der Waals surface area contributed by atoms with Crippen molar-refractivity contribution in [1.29, 1.82) is 0 Å². The van der Waals surface area contributed by atoms with Crippen molar-refractivity contribution >= 4 is 49.8 Å². The molecule has 0 fully saturated rings. The van der Waals surface area contributed by atoms with E-state index in [9.17, 15) is 0 Å². The zero-order valence-electron chi connectivity index (χ0n) is 5.05. The fraction of sp³-hybridized carbons (Fsp3) is 0. The molecule has 4 heteroatoms. The first-order valence-electron chi connectivity index (χ1n) is 2.47. The molecule has 3 radical (unpaired) electrons. The third-order valence-electron chi connectivity index (χ3n) is 0.774. The quantitative estimate of drug-likeness (QED) is 0.659. The number of benzene rings is 1. The van der Waals surface area contributed by atoms with Crippen molar-refractivity contribution in [3.8, 4) is 0 Å². The van der Waals surface area contributed by atoms with Crippen molar-refractivity contribution in [2.75, 3.05) is 0 Å². The van der Waals surface area contributed by atoms with E-state index in [1.165, 1.54) is 26.1 Å². The minimum atomic E-state index is 1.41. The van der Waals surface area contributed by atoms with Crippen molar-refractivity contribution in [3.05, 3.63) is 30.3 Å². The van der Waals surface area contributed by atoms with E-state index in [0.29, 0.717) is 0 Å². The van der Waals surface area contributed by atoms with Gasteiger partial charge < -0.3 is 0 Å². The molecule has 0 amide bonds. The monoisotopic (exact) mass is 283 g/mol. The Kier molecular flexibility index (Phi) is 8.09. The van der Waals surface area contributed by atoms with Crippen LogP contribution in [0.1, 0.15) is 0 Å². The Morgan fingerprint density at radius 1 is 1.10 bits per heavy atom. The molecule has 0 saturated heterocycles. The Bertz CT molecular complexity index is 157. The second-order valence-corrected chi connectivity index (χ2v) is 3.54. The predicted octanol–water partition coefficient (Wildman–Crippen LogP) is 1.79. The summed E-state index contributed by atoms with van der Waals surface area (Å²) in [5.41, 5.74) is 0. The average Bonchev–Trinajstić information content (AvgIpc) is 1.91. The second-order valence-electron chi connectivity index (χ2n) is 1.42. The third-order valence-corrected chi connectivity index (χ3v) is 1.73. The molecule has 53 valence electrons. The Hall–Kier alpha value is 0.559. The van der Waals surface area contributed by atoms with Crippen LogP contribution in [-0.2, 0) is 3.84 Å². The van der Waals surface area contributed by atoms with E-state index in [1.54, 1.807) is 0 Å². The number of hydrogen-bond donors (Lipinski definition) is 0. The average molecular weight is 283 g/mol. The molecule has 1 aromatic rings. The van der Waals surface area contributed by atoms with Crippen LogP contribution in [-0.4, -0.2) is 22.5 Å². The van der Waals surface area contributed by atoms with Crippen LogP contribution in [0, 0.1) is 0 Å². The molecule has 0 aliphatic carbocycles. The van der Waals surface area contributed by atoms with Crippen LogP contribution in [0.3, 0.4) is 0 Å². The molecule has 0 atom stereocenters. The van der Waals surface area contributed by atoms with Crippen molar-refractivity contribution in [1.82, 2.24) is 0 Å². The summed E-state index contributed by atoms with van der Waals surface area (Å²) in [6, 6.07) is 10.4. The molecule has 0 aliphatic heterocycles. The minimum absolute atomic E-state index is 1.41. The van der Waals surface area contributed by atoms with Crippen LogP contribution >= 0.6 is 23.7 Å². The Morgan fingerprint density at radius 3 is 1.70 bits per heavy atom. The van der Waals surface area contributed by atoms with Gasteiger partial charge in [0, 0.05) is 0 Å². The Morgan fingerprint density at radius 2 is 1.50 bits per heavy atom. The molecule has 10 heavy (non-hydrogen) atoms. The molecule has 0 spiro atoms. The number of rotatable bonds is 0. The van der Waals surface area contributed by atoms with Crippen LogP contribution in [0.15, 0.2) is 30.3 Å². The third kappa shape index (κ3) is 6.68. The molecule has 0 aromatic heterocycles. The summed E-state index contributed by atoms with van der Waals surface area (Å²) in [7, 11) is 0. The first-order valence-corrected chi connectivity index (χ1v) is 4.51. The van der Waals surface area contributed by atoms with Gasteiger partial charge in [0.1, 0.15) is 0 Å². The molecular weight excluding hydrogens is 278 g/mol. The fourth-order valence-electron chi connectivity index (χ4n) is 0.438. The van der Waals surface area contributed by atoms with Crippen molar-refractivity contribution < 1.29 is 3.84 Å². The van der Waals surface area contributed by atoms with Crippen LogP contribution < -0.4 is 3.58 Å². The standard InChI is InChI=1S/C6H5.Cl2O.Sn/c1-2-4-6-5-3-1;1-3-2;/h1-5H;;. The van der Waals surface area contributed by atoms with Crippen molar-refractivity contribution in [3.63, 3.8) is 0 Å². The van der Waals surface area contributed by atoms with Crippen LogP contribution in [0.25, 0.3) is 0 Å². The molecule has 1 nitrogen and oxygen atoms in total. The fourth-order valence-corrected chi connectivity index (χ4v) is 0.987. The van der Waals surface area contributed by atoms with Gasteiger partial charge in [-0.25, -0.2) is 0 Å². The predicted molar refractivity (Wildman–Crippen MR) is 44.6 cm³/mol. The van der Waals surface area contributed by atoms with Crippen LogP contribution in [0.2, 0.25) is 0 Å². The van der Waals surface area contributed by atoms with Gasteiger partial charge in [0.2, 0.25) is 0 Å². The van der Waals surface area contributed by atoms with Gasteiger partial charge in [0.25, 0.3) is 0 Å². The summed E-state index contributed by atoms with van der Waals surface area (Å²) in [5, 5.41) is 0. The van der Waals surface area contributed by atoms with Crippen LogP contribution in [0.5, 0.6) is 0 Å². The van der Waals surface area contributed by atoms with Gasteiger partial charge in [-0.05, 0) is 0 Å². The van der Waals surface area contributed by atoms with E-state index >= 15 is 0 Å². The maximum atomic E-state index is 4.26. The van der Waals surface area contributed by atoms with Crippen molar-refractivity contribution in [2.45, 2.75) is 0 Å². The van der Waals surface area contributed by atoms with Gasteiger partial charge in [0.05, 0.1) is 23.7 Å². The number of hydrogen-bond acceptors (Lipinski definition) is 1. The van der Waals surface area contributed by atoms with Gasteiger partial charge >= 0.3 is 56.4 Å². The zero-order valence-corrected chi connectivity index (χ0v) is 9.42. The van der Waals surface area contributed by atoms with Gasteiger partial charge in [-0.1, -0.05) is 0 Å². The maximum absolute atomic E-state index is 4.26. The van der Waals surface area contributed by atoms with E-state index in [-0.39, 0.29) is 0 Å². The van der Waals surface area contributed by atoms with E-state index in [2.05, 4.69) is 51.8 Å². The van der Waals surface area contributed by atoms with E-state index in [1.807, 2.05) is 6.07 Å². The summed E-state index contributed by atoms with van der Waals surface area (Å²) in [5.74, 6) is 0. The number of halogens is 2. The summed E-state index contributed by atoms with van der Waals surface area (Å²) in [6.45, 7) is 0. The summed E-state index contributed by atoms with van der Waals surface area (Å²) in [6.07, 6.45) is 0. The molecule has 0 N–H and O–H groups in total. The zero-order chi connectivity index (χ0) is 7.82. The second kappa shape index (κ2) is 7.66. The van der Waals surface area contributed by atoms with Gasteiger partial charge in [-0.15, -0.1) is 0 Å². The first kappa shape index (κ1) is 10.6. The SMILES string of the molecule is ClOCl.[Sn][c]1ccccc1. The topological polar surface area (TPSA) is 9.23 Å². The molecule has 1 aromatic carbocycles. The molecule has 0 unspecified atom stereocenters. The first-order chi connectivity index (χ1) is 4.81. The van der Waals surface area contributed by atoms with Gasteiger partial charge in [-0.2, -0.15) is 3.84 Å². The van der Waals surface area contributed by atoms with E-state index in [4.69, 9.17) is 0 Å². The summed E-state index contributed by atoms with van der Waals surface area (Å²) >= 11 is 10.0. The molecule has 0 saturated carbocycles. The van der Waals surface area contributed by atoms with Gasteiger partial charge in [-0.3, -0.25) is 0 Å². The molecule has 0 aliphatic rings. The molecule has 0 heterocycles. The normalized spacial score (nSPS) is 7.90. The Balaban J connectivity index is 0.000000236. The van der Waals surface area contributed by atoms with E-state index < -0.39 is 0 Å². The molecule has 1 rings (SSSR count). The molecular formula is C6H5Cl2OSn. The Labute approximate surface area is 83.7 Å². The summed E-state index contributed by atoms with van der Waals surface area (Å²) < 4.78 is 4.61. The molecule has 0 bridgehead atoms. The summed E-state index contributed by atoms with van der Waals surface area (Å²) in [4.78, 5) is 0. The van der Waals surface area contributed by atoms with Crippen LogP contribution in [0.4, 0.5) is 0 Å².